The molecule has 1 aliphatic rings. The molecular formula is C21H24Cl2N2O3S. The molecule has 1 N–H and O–H groups in total. The van der Waals surface area contributed by atoms with Crippen molar-refractivity contribution in [2.45, 2.75) is 49.6 Å². The van der Waals surface area contributed by atoms with Crippen LogP contribution in [0.4, 0.5) is 0 Å². The molecule has 8 heteroatoms. The SMILES string of the molecule is O=C(CN(Cc1ccc(Cl)cc1Cl)S(=O)(=O)c1ccccc1)NC1CCCCC1. The Labute approximate surface area is 182 Å². The van der Waals surface area contributed by atoms with Crippen molar-refractivity contribution in [1.29, 1.82) is 0 Å². The van der Waals surface area contributed by atoms with Gasteiger partial charge in [0.1, 0.15) is 0 Å². The van der Waals surface area contributed by atoms with Gasteiger partial charge in [-0.15, -0.1) is 0 Å². The lowest BCUT2D eigenvalue weighted by molar-refractivity contribution is -0.122. The summed E-state index contributed by atoms with van der Waals surface area (Å²) in [5.41, 5.74) is 0.584. The number of amides is 1. The van der Waals surface area contributed by atoms with Crippen LogP contribution in [-0.2, 0) is 21.4 Å². The van der Waals surface area contributed by atoms with Gasteiger partial charge in [0.05, 0.1) is 11.4 Å². The topological polar surface area (TPSA) is 66.5 Å². The van der Waals surface area contributed by atoms with Crippen LogP contribution in [0.5, 0.6) is 0 Å². The van der Waals surface area contributed by atoms with Crippen molar-refractivity contribution in [3.05, 3.63) is 64.1 Å². The van der Waals surface area contributed by atoms with Crippen LogP contribution in [0.25, 0.3) is 0 Å². The normalized spacial score (nSPS) is 15.4. The zero-order chi connectivity index (χ0) is 20.9. The summed E-state index contributed by atoms with van der Waals surface area (Å²) < 4.78 is 27.6. The van der Waals surface area contributed by atoms with E-state index in [1.807, 2.05) is 0 Å². The highest BCUT2D eigenvalue weighted by atomic mass is 35.5. The maximum Gasteiger partial charge on any atom is 0.243 e. The summed E-state index contributed by atoms with van der Waals surface area (Å²) in [4.78, 5) is 12.8. The maximum atomic E-state index is 13.2. The molecule has 0 spiro atoms. The average molecular weight is 455 g/mol. The van der Waals surface area contributed by atoms with Gasteiger partial charge in [0.15, 0.2) is 0 Å². The number of halogens is 2. The molecule has 0 unspecified atom stereocenters. The molecule has 1 aliphatic carbocycles. The first-order chi connectivity index (χ1) is 13.9. The predicted molar refractivity (Wildman–Crippen MR) is 116 cm³/mol. The number of rotatable bonds is 7. The van der Waals surface area contributed by atoms with E-state index in [4.69, 9.17) is 23.2 Å². The van der Waals surface area contributed by atoms with Crippen molar-refractivity contribution in [2.24, 2.45) is 0 Å². The van der Waals surface area contributed by atoms with Crippen molar-refractivity contribution >= 4 is 39.1 Å². The molecule has 1 saturated carbocycles. The second-order valence-electron chi connectivity index (χ2n) is 7.22. The first kappa shape index (κ1) is 22.1. The molecule has 2 aromatic carbocycles. The van der Waals surface area contributed by atoms with Gasteiger partial charge in [-0.2, -0.15) is 4.31 Å². The Hall–Kier alpha value is -1.60. The molecule has 156 valence electrons. The van der Waals surface area contributed by atoms with Crippen molar-refractivity contribution < 1.29 is 13.2 Å². The Kier molecular flexibility index (Phi) is 7.57. The molecule has 1 amide bonds. The molecule has 0 bridgehead atoms. The van der Waals surface area contributed by atoms with Crippen molar-refractivity contribution in [1.82, 2.24) is 9.62 Å². The molecule has 3 rings (SSSR count). The number of sulfonamides is 1. The van der Waals surface area contributed by atoms with Gasteiger partial charge in [0, 0.05) is 22.6 Å². The quantitative estimate of drug-likeness (QED) is 0.662. The van der Waals surface area contributed by atoms with Gasteiger partial charge >= 0.3 is 0 Å². The summed E-state index contributed by atoms with van der Waals surface area (Å²) >= 11 is 12.2. The van der Waals surface area contributed by atoms with E-state index in [9.17, 15) is 13.2 Å². The third-order valence-electron chi connectivity index (χ3n) is 5.03. The van der Waals surface area contributed by atoms with Gasteiger partial charge in [-0.3, -0.25) is 4.79 Å². The minimum Gasteiger partial charge on any atom is -0.352 e. The van der Waals surface area contributed by atoms with Gasteiger partial charge < -0.3 is 5.32 Å². The summed E-state index contributed by atoms with van der Waals surface area (Å²) in [6, 6.07) is 13.1. The molecule has 0 aromatic heterocycles. The Morgan fingerprint density at radius 2 is 1.72 bits per heavy atom. The van der Waals surface area contributed by atoms with E-state index in [1.165, 1.54) is 18.6 Å². The van der Waals surface area contributed by atoms with E-state index >= 15 is 0 Å². The lowest BCUT2D eigenvalue weighted by atomic mass is 9.95. The lowest BCUT2D eigenvalue weighted by Crippen LogP contribution is -2.44. The number of carbonyl (C=O) groups excluding carboxylic acids is 1. The number of nitrogens with one attached hydrogen (secondary N) is 1. The second-order valence-corrected chi connectivity index (χ2v) is 10.0. The molecule has 0 heterocycles. The summed E-state index contributed by atoms with van der Waals surface area (Å²) in [5, 5.41) is 3.81. The Morgan fingerprint density at radius 3 is 2.38 bits per heavy atom. The molecule has 29 heavy (non-hydrogen) atoms. The zero-order valence-electron chi connectivity index (χ0n) is 16.0. The Morgan fingerprint density at radius 1 is 1.03 bits per heavy atom. The smallest absolute Gasteiger partial charge is 0.243 e. The highest BCUT2D eigenvalue weighted by Crippen LogP contribution is 2.25. The van der Waals surface area contributed by atoms with Crippen molar-refractivity contribution in [2.75, 3.05) is 6.54 Å². The van der Waals surface area contributed by atoms with E-state index in [0.717, 1.165) is 30.0 Å². The molecule has 0 saturated heterocycles. The summed E-state index contributed by atoms with van der Waals surface area (Å²) in [7, 11) is -3.88. The fourth-order valence-electron chi connectivity index (χ4n) is 3.49. The van der Waals surface area contributed by atoms with Gasteiger partial charge in [0.2, 0.25) is 15.9 Å². The first-order valence-corrected chi connectivity index (χ1v) is 11.8. The number of nitrogens with zero attached hydrogens (tertiary/aromatic N) is 1. The molecule has 2 aromatic rings. The third-order valence-corrected chi connectivity index (χ3v) is 7.43. The number of hydrogen-bond donors (Lipinski definition) is 1. The van der Waals surface area contributed by atoms with Gasteiger partial charge in [-0.1, -0.05) is 66.7 Å². The van der Waals surface area contributed by atoms with Crippen LogP contribution in [-0.4, -0.2) is 31.2 Å². The van der Waals surface area contributed by atoms with Gasteiger partial charge in [-0.05, 0) is 42.7 Å². The molecular weight excluding hydrogens is 431 g/mol. The van der Waals surface area contributed by atoms with E-state index in [2.05, 4.69) is 5.32 Å². The van der Waals surface area contributed by atoms with Crippen LogP contribution < -0.4 is 5.32 Å². The van der Waals surface area contributed by atoms with Crippen molar-refractivity contribution in [3.8, 4) is 0 Å². The van der Waals surface area contributed by atoms with Crippen LogP contribution in [0.2, 0.25) is 10.0 Å². The minimum absolute atomic E-state index is 0.0225. The van der Waals surface area contributed by atoms with Crippen molar-refractivity contribution in [3.63, 3.8) is 0 Å². The number of carbonyl (C=O) groups is 1. The fourth-order valence-corrected chi connectivity index (χ4v) is 5.35. The van der Waals surface area contributed by atoms with Gasteiger partial charge in [-0.25, -0.2) is 8.42 Å². The van der Waals surface area contributed by atoms with Crippen LogP contribution in [0.3, 0.4) is 0 Å². The minimum atomic E-state index is -3.88. The standard InChI is InChI=1S/C21H24Cl2N2O3S/c22-17-12-11-16(20(23)13-17)14-25(29(27,28)19-9-5-2-6-10-19)15-21(26)24-18-7-3-1-4-8-18/h2,5-6,9-13,18H,1,3-4,7-8,14-15H2,(H,24,26). The highest BCUT2D eigenvalue weighted by Gasteiger charge is 2.28. The number of benzene rings is 2. The molecule has 1 fully saturated rings. The van der Waals surface area contributed by atoms with E-state index in [1.54, 1.807) is 36.4 Å². The first-order valence-electron chi connectivity index (χ1n) is 9.65. The highest BCUT2D eigenvalue weighted by molar-refractivity contribution is 7.89. The monoisotopic (exact) mass is 454 g/mol. The summed E-state index contributed by atoms with van der Waals surface area (Å²) in [6.45, 7) is -0.294. The predicted octanol–water partition coefficient (Wildman–Crippen LogP) is 4.63. The number of hydrogen-bond acceptors (Lipinski definition) is 3. The van der Waals surface area contributed by atoms with Crippen LogP contribution in [0.1, 0.15) is 37.7 Å². The van der Waals surface area contributed by atoms with E-state index < -0.39 is 10.0 Å². The molecule has 0 aliphatic heterocycles. The maximum absolute atomic E-state index is 13.2. The lowest BCUT2D eigenvalue weighted by Gasteiger charge is -2.26. The zero-order valence-corrected chi connectivity index (χ0v) is 18.3. The van der Waals surface area contributed by atoms with E-state index in [0.29, 0.717) is 15.6 Å². The van der Waals surface area contributed by atoms with E-state index in [-0.39, 0.29) is 29.9 Å². The Balaban J connectivity index is 1.83. The van der Waals surface area contributed by atoms with Crippen LogP contribution in [0, 0.1) is 0 Å². The third kappa shape index (κ3) is 5.95. The van der Waals surface area contributed by atoms with Gasteiger partial charge in [0.25, 0.3) is 0 Å². The second kappa shape index (κ2) is 9.94. The molecule has 5 nitrogen and oxygen atoms in total. The Bertz CT molecular complexity index is 946. The molecule has 0 radical (unpaired) electrons. The fraction of sp³-hybridized carbons (Fsp3) is 0.381. The average Bonchev–Trinajstić information content (AvgIpc) is 2.70. The molecule has 0 atom stereocenters. The largest absolute Gasteiger partial charge is 0.352 e. The van der Waals surface area contributed by atoms with Crippen LogP contribution in [0.15, 0.2) is 53.4 Å². The summed E-state index contributed by atoms with van der Waals surface area (Å²) in [6.07, 6.45) is 5.20. The summed E-state index contributed by atoms with van der Waals surface area (Å²) in [5.74, 6) is -0.304. The van der Waals surface area contributed by atoms with Crippen LogP contribution >= 0.6 is 23.2 Å².